The van der Waals surface area contributed by atoms with Crippen molar-refractivity contribution in [3.8, 4) is 0 Å². The minimum Gasteiger partial charge on any atom is -0.379 e. The van der Waals surface area contributed by atoms with Crippen LogP contribution >= 0.6 is 23.1 Å². The number of hydrogen-bond acceptors (Lipinski definition) is 8. The molecular weight excluding hydrogens is 420 g/mol. The summed E-state index contributed by atoms with van der Waals surface area (Å²) in [4.78, 5) is 22.4. The summed E-state index contributed by atoms with van der Waals surface area (Å²) >= 11 is 3.10. The molecule has 0 radical (unpaired) electrons. The van der Waals surface area contributed by atoms with Gasteiger partial charge in [0, 0.05) is 30.0 Å². The van der Waals surface area contributed by atoms with Crippen molar-refractivity contribution < 1.29 is 9.53 Å². The number of aromatic nitrogens is 3. The molecular formula is C20H26N6O2S2. The van der Waals surface area contributed by atoms with Gasteiger partial charge in [0.1, 0.15) is 22.1 Å². The van der Waals surface area contributed by atoms with Crippen LogP contribution in [-0.4, -0.2) is 44.3 Å². The highest BCUT2D eigenvalue weighted by Gasteiger charge is 2.49. The molecule has 2 aliphatic heterocycles. The third-order valence-corrected chi connectivity index (χ3v) is 8.36. The number of thiazole rings is 1. The first-order valence-corrected chi connectivity index (χ1v) is 12.2. The quantitative estimate of drug-likeness (QED) is 0.747. The van der Waals surface area contributed by atoms with E-state index in [1.54, 1.807) is 16.4 Å². The summed E-state index contributed by atoms with van der Waals surface area (Å²) in [5.41, 5.74) is 7.08. The second-order valence-corrected chi connectivity index (χ2v) is 10.3. The number of fused-ring (bicyclic) bond motifs is 1. The molecule has 1 aliphatic carbocycles. The zero-order valence-electron chi connectivity index (χ0n) is 17.1. The molecule has 1 amide bonds. The van der Waals surface area contributed by atoms with Gasteiger partial charge >= 0.3 is 0 Å². The van der Waals surface area contributed by atoms with E-state index in [2.05, 4.69) is 17.3 Å². The van der Waals surface area contributed by atoms with Crippen LogP contribution in [0.5, 0.6) is 0 Å². The number of carbonyl (C=O) groups excluding carboxylic acids is 1. The minimum atomic E-state index is -0.556. The van der Waals surface area contributed by atoms with Crippen molar-refractivity contribution in [2.45, 2.75) is 50.2 Å². The van der Waals surface area contributed by atoms with Crippen LogP contribution < -0.4 is 11.1 Å². The molecule has 8 nitrogen and oxygen atoms in total. The van der Waals surface area contributed by atoms with Gasteiger partial charge in [0.25, 0.3) is 5.91 Å². The Kier molecular flexibility index (Phi) is 5.11. The fourth-order valence-corrected chi connectivity index (χ4v) is 6.37. The normalized spacial score (nSPS) is 29.1. The maximum atomic E-state index is 12.9. The van der Waals surface area contributed by atoms with Gasteiger partial charge in [0.15, 0.2) is 5.17 Å². The van der Waals surface area contributed by atoms with E-state index in [1.807, 2.05) is 18.5 Å². The van der Waals surface area contributed by atoms with E-state index in [9.17, 15) is 4.79 Å². The summed E-state index contributed by atoms with van der Waals surface area (Å²) < 4.78 is 7.62. The summed E-state index contributed by atoms with van der Waals surface area (Å²) in [6.45, 7) is 2.56. The number of nitrogens with zero attached hydrogens (tertiary/aromatic N) is 4. The van der Waals surface area contributed by atoms with Crippen LogP contribution in [0.3, 0.4) is 0 Å². The Morgan fingerprint density at radius 2 is 2.27 bits per heavy atom. The van der Waals surface area contributed by atoms with Crippen LogP contribution in [0, 0.1) is 5.92 Å². The lowest BCUT2D eigenvalue weighted by molar-refractivity contribution is -0.0466. The van der Waals surface area contributed by atoms with Gasteiger partial charge in [-0.1, -0.05) is 18.2 Å². The number of hydrogen-bond donors (Lipinski definition) is 2. The predicted octanol–water partition coefficient (Wildman–Crippen LogP) is 3.08. The number of carbonyl (C=O) groups is 1. The number of ether oxygens (including phenoxy) is 1. The van der Waals surface area contributed by atoms with Crippen molar-refractivity contribution in [1.29, 1.82) is 0 Å². The smallest absolute Gasteiger partial charge is 0.275 e. The van der Waals surface area contributed by atoms with Crippen LogP contribution in [0.2, 0.25) is 0 Å². The first kappa shape index (κ1) is 20.0. The zero-order valence-corrected chi connectivity index (χ0v) is 18.8. The van der Waals surface area contributed by atoms with E-state index in [1.165, 1.54) is 17.8 Å². The van der Waals surface area contributed by atoms with Crippen molar-refractivity contribution in [2.75, 3.05) is 17.7 Å². The van der Waals surface area contributed by atoms with Crippen molar-refractivity contribution in [1.82, 2.24) is 14.8 Å². The van der Waals surface area contributed by atoms with Crippen molar-refractivity contribution in [3.63, 3.8) is 0 Å². The van der Waals surface area contributed by atoms with Crippen LogP contribution in [-0.2, 0) is 17.3 Å². The number of aryl methyl sites for hydroxylation is 1. The van der Waals surface area contributed by atoms with E-state index in [0.717, 1.165) is 35.7 Å². The maximum Gasteiger partial charge on any atom is 0.275 e. The first-order valence-electron chi connectivity index (χ1n) is 10.4. The number of amidine groups is 1. The van der Waals surface area contributed by atoms with Crippen molar-refractivity contribution >= 4 is 40.0 Å². The van der Waals surface area contributed by atoms with E-state index in [4.69, 9.17) is 20.4 Å². The Balaban J connectivity index is 1.37. The molecule has 5 rings (SSSR count). The Morgan fingerprint density at radius 1 is 1.43 bits per heavy atom. The standard InChI is InChI=1S/C20H26N6O2S2/c1-11-6-13-8-30-19(21)24-20(13,10-28-11)18-23-16(9-29-18)22-17(27)15-7-14(25-26(15)2)12-4-3-5-12/h7,9,11-13H,3-6,8,10H2,1-2H3,(H2,21,24)(H,22,27). The van der Waals surface area contributed by atoms with Crippen LogP contribution in [0.25, 0.3) is 0 Å². The molecule has 2 fully saturated rings. The highest BCUT2D eigenvalue weighted by Crippen LogP contribution is 2.47. The van der Waals surface area contributed by atoms with E-state index in [-0.39, 0.29) is 12.0 Å². The lowest BCUT2D eigenvalue weighted by Gasteiger charge is -2.44. The van der Waals surface area contributed by atoms with E-state index in [0.29, 0.717) is 35.1 Å². The number of thioether (sulfide) groups is 1. The molecule has 10 heteroatoms. The molecule has 0 spiro atoms. The van der Waals surface area contributed by atoms with Gasteiger partial charge in [-0.25, -0.2) is 9.98 Å². The maximum absolute atomic E-state index is 12.9. The van der Waals surface area contributed by atoms with E-state index < -0.39 is 5.54 Å². The van der Waals surface area contributed by atoms with Gasteiger partial charge in [-0.2, -0.15) is 5.10 Å². The Morgan fingerprint density at radius 3 is 3.03 bits per heavy atom. The summed E-state index contributed by atoms with van der Waals surface area (Å²) in [7, 11) is 1.81. The molecule has 30 heavy (non-hydrogen) atoms. The number of rotatable bonds is 4. The summed E-state index contributed by atoms with van der Waals surface area (Å²) in [6, 6.07) is 1.90. The van der Waals surface area contributed by atoms with Gasteiger partial charge in [-0.15, -0.1) is 11.3 Å². The number of nitrogens with one attached hydrogen (secondary N) is 1. The number of nitrogens with two attached hydrogens (primary N) is 1. The van der Waals surface area contributed by atoms with Gasteiger partial charge in [0.05, 0.1) is 18.4 Å². The molecule has 3 N–H and O–H groups in total. The number of amides is 1. The molecule has 3 atom stereocenters. The largest absolute Gasteiger partial charge is 0.379 e. The zero-order chi connectivity index (χ0) is 20.9. The van der Waals surface area contributed by atoms with Crippen molar-refractivity contribution in [3.05, 3.63) is 27.8 Å². The molecule has 0 bridgehead atoms. The highest BCUT2D eigenvalue weighted by atomic mass is 32.2. The molecule has 2 aromatic rings. The third kappa shape index (κ3) is 3.44. The molecule has 1 saturated carbocycles. The molecule has 3 aliphatic rings. The molecule has 160 valence electrons. The molecule has 4 heterocycles. The monoisotopic (exact) mass is 446 g/mol. The second kappa shape index (κ2) is 7.65. The number of aliphatic imine (C=N–C) groups is 1. The van der Waals surface area contributed by atoms with Gasteiger partial charge in [0.2, 0.25) is 0 Å². The summed E-state index contributed by atoms with van der Waals surface area (Å²) in [6.07, 6.45) is 4.66. The Hall–Kier alpha value is -1.91. The number of anilines is 1. The average Bonchev–Trinajstić information content (AvgIpc) is 3.28. The summed E-state index contributed by atoms with van der Waals surface area (Å²) in [5, 5.41) is 10.7. The predicted molar refractivity (Wildman–Crippen MR) is 119 cm³/mol. The third-order valence-electron chi connectivity index (χ3n) is 6.39. The van der Waals surface area contributed by atoms with Crippen LogP contribution in [0.1, 0.15) is 59.7 Å². The molecule has 2 aromatic heterocycles. The van der Waals surface area contributed by atoms with Crippen LogP contribution in [0.4, 0.5) is 5.82 Å². The van der Waals surface area contributed by atoms with Gasteiger partial charge < -0.3 is 15.8 Å². The summed E-state index contributed by atoms with van der Waals surface area (Å²) in [5.74, 6) is 2.04. The molecule has 1 saturated heterocycles. The molecule has 0 aromatic carbocycles. The van der Waals surface area contributed by atoms with Gasteiger partial charge in [-0.05, 0) is 32.3 Å². The lowest BCUT2D eigenvalue weighted by Crippen LogP contribution is -2.49. The first-order chi connectivity index (χ1) is 14.4. The second-order valence-electron chi connectivity index (χ2n) is 8.44. The molecule has 3 unspecified atom stereocenters. The van der Waals surface area contributed by atoms with Crippen LogP contribution in [0.15, 0.2) is 16.4 Å². The average molecular weight is 447 g/mol. The fourth-order valence-electron chi connectivity index (χ4n) is 4.40. The minimum absolute atomic E-state index is 0.197. The Labute approximate surface area is 183 Å². The lowest BCUT2D eigenvalue weighted by atomic mass is 9.80. The highest BCUT2D eigenvalue weighted by molar-refractivity contribution is 8.13. The van der Waals surface area contributed by atoms with Crippen molar-refractivity contribution in [2.24, 2.45) is 23.7 Å². The topological polar surface area (TPSA) is 107 Å². The Bertz CT molecular complexity index is 997. The SMILES string of the molecule is CC1CC2CSC(N)=NC2(c2nc(NC(=O)c3cc(C4CCC4)nn3C)cs2)CO1. The fraction of sp³-hybridized carbons (Fsp3) is 0.600. The van der Waals surface area contributed by atoms with Gasteiger partial charge in [-0.3, -0.25) is 9.48 Å². The van der Waals surface area contributed by atoms with E-state index >= 15 is 0 Å².